The maximum Gasteiger partial charge on any atom is 0.277 e. The van der Waals surface area contributed by atoms with Gasteiger partial charge in [0.15, 0.2) is 5.01 Å². The minimum Gasteiger partial charge on any atom is -0.364 e. The third-order valence-corrected chi connectivity index (χ3v) is 5.26. The zero-order valence-corrected chi connectivity index (χ0v) is 15.9. The van der Waals surface area contributed by atoms with E-state index in [2.05, 4.69) is 20.2 Å². The molecule has 1 aromatic carbocycles. The van der Waals surface area contributed by atoms with Gasteiger partial charge in [0, 0.05) is 19.5 Å². The van der Waals surface area contributed by atoms with Crippen molar-refractivity contribution in [3.8, 4) is 33.3 Å². The smallest absolute Gasteiger partial charge is 0.277 e. The number of aryl methyl sites for hydroxylation is 2. The molecule has 0 bridgehead atoms. The largest absolute Gasteiger partial charge is 0.364 e. The molecule has 3 heterocycles. The minimum absolute atomic E-state index is 0.193. The van der Waals surface area contributed by atoms with Crippen LogP contribution in [-0.2, 0) is 7.05 Å². The van der Waals surface area contributed by atoms with E-state index in [1.165, 1.54) is 11.3 Å². The van der Waals surface area contributed by atoms with Crippen molar-refractivity contribution in [2.24, 2.45) is 12.8 Å². The van der Waals surface area contributed by atoms with Gasteiger partial charge in [-0.05, 0) is 12.1 Å². The quantitative estimate of drug-likeness (QED) is 0.562. The van der Waals surface area contributed by atoms with Crippen molar-refractivity contribution >= 4 is 28.8 Å². The summed E-state index contributed by atoms with van der Waals surface area (Å²) in [5, 5.41) is 9.05. The molecule has 4 rings (SSSR count). The van der Waals surface area contributed by atoms with Gasteiger partial charge in [0.2, 0.25) is 11.7 Å². The second kappa shape index (κ2) is 6.60. The highest BCUT2D eigenvalue weighted by molar-refractivity contribution is 7.17. The number of aromatic nitrogens is 5. The summed E-state index contributed by atoms with van der Waals surface area (Å²) in [6.45, 7) is 1.71. The van der Waals surface area contributed by atoms with Gasteiger partial charge < -0.3 is 10.3 Å². The van der Waals surface area contributed by atoms with Gasteiger partial charge in [-0.1, -0.05) is 35.0 Å². The molecule has 0 atom stereocenters. The Labute approximate surface area is 162 Å². The van der Waals surface area contributed by atoms with Gasteiger partial charge in [-0.3, -0.25) is 9.48 Å². The van der Waals surface area contributed by atoms with Gasteiger partial charge in [-0.2, -0.15) is 10.1 Å². The summed E-state index contributed by atoms with van der Waals surface area (Å²) in [5.41, 5.74) is 7.99. The monoisotopic (exact) mass is 400 g/mol. The van der Waals surface area contributed by atoms with Crippen LogP contribution in [0.15, 0.2) is 34.9 Å². The van der Waals surface area contributed by atoms with E-state index >= 15 is 0 Å². The second-order valence-electron chi connectivity index (χ2n) is 5.72. The van der Waals surface area contributed by atoms with Crippen LogP contribution in [0.4, 0.5) is 0 Å². The average molecular weight is 401 g/mol. The van der Waals surface area contributed by atoms with Crippen LogP contribution in [0, 0.1) is 6.92 Å². The maximum atomic E-state index is 11.7. The average Bonchev–Trinajstić information content (AvgIpc) is 3.33. The minimum atomic E-state index is -0.601. The molecule has 0 aliphatic heterocycles. The molecule has 0 radical (unpaired) electrons. The molecular formula is C17H13ClN6O2S. The highest BCUT2D eigenvalue weighted by atomic mass is 35.5. The summed E-state index contributed by atoms with van der Waals surface area (Å²) >= 11 is 7.53. The van der Waals surface area contributed by atoms with Gasteiger partial charge in [0.25, 0.3) is 5.91 Å². The van der Waals surface area contributed by atoms with E-state index in [-0.39, 0.29) is 5.01 Å². The molecule has 0 aliphatic carbocycles. The molecule has 27 heavy (non-hydrogen) atoms. The first-order valence-electron chi connectivity index (χ1n) is 7.84. The molecule has 0 aliphatic rings. The number of nitrogens with zero attached hydrogens (tertiary/aromatic N) is 5. The molecule has 0 spiro atoms. The van der Waals surface area contributed by atoms with Crippen molar-refractivity contribution in [1.82, 2.24) is 24.9 Å². The fraction of sp³-hybridized carbons (Fsp3) is 0.118. The lowest BCUT2D eigenvalue weighted by Crippen LogP contribution is -2.10. The van der Waals surface area contributed by atoms with Crippen LogP contribution >= 0.6 is 22.9 Å². The number of hydrogen-bond donors (Lipinski definition) is 1. The van der Waals surface area contributed by atoms with Gasteiger partial charge in [-0.15, -0.1) is 11.3 Å². The Bertz CT molecular complexity index is 1160. The van der Waals surface area contributed by atoms with Crippen LogP contribution in [0.25, 0.3) is 33.3 Å². The Morgan fingerprint density at radius 2 is 2.07 bits per heavy atom. The van der Waals surface area contributed by atoms with E-state index in [1.807, 2.05) is 24.3 Å². The SMILES string of the molecule is Cc1nc(-c2cc(-c3sc(C(N)=O)nc3-c3ccccc3Cl)n(C)n2)no1. The highest BCUT2D eigenvalue weighted by Gasteiger charge is 2.23. The molecular weight excluding hydrogens is 388 g/mol. The van der Waals surface area contributed by atoms with Crippen LogP contribution in [0.5, 0.6) is 0 Å². The number of hydrogen-bond acceptors (Lipinski definition) is 7. The molecule has 0 saturated carbocycles. The van der Waals surface area contributed by atoms with Crippen LogP contribution in [0.1, 0.15) is 15.7 Å². The molecule has 136 valence electrons. The summed E-state index contributed by atoms with van der Waals surface area (Å²) < 4.78 is 6.69. The molecule has 0 unspecified atom stereocenters. The van der Waals surface area contributed by atoms with Crippen molar-refractivity contribution in [2.45, 2.75) is 6.92 Å². The van der Waals surface area contributed by atoms with E-state index in [9.17, 15) is 4.79 Å². The lowest BCUT2D eigenvalue weighted by Gasteiger charge is -2.04. The first-order chi connectivity index (χ1) is 12.9. The van der Waals surface area contributed by atoms with E-state index < -0.39 is 5.91 Å². The van der Waals surface area contributed by atoms with Gasteiger partial charge in [-0.25, -0.2) is 4.98 Å². The number of carbonyl (C=O) groups is 1. The second-order valence-corrected chi connectivity index (χ2v) is 7.12. The first-order valence-corrected chi connectivity index (χ1v) is 9.04. The van der Waals surface area contributed by atoms with Crippen LogP contribution < -0.4 is 5.73 Å². The Kier molecular flexibility index (Phi) is 4.25. The number of primary amides is 1. The number of amides is 1. The summed E-state index contributed by atoms with van der Waals surface area (Å²) in [4.78, 5) is 21.0. The molecule has 0 saturated heterocycles. The summed E-state index contributed by atoms with van der Waals surface area (Å²) in [7, 11) is 1.78. The van der Waals surface area contributed by atoms with Crippen LogP contribution in [-0.4, -0.2) is 30.8 Å². The van der Waals surface area contributed by atoms with Crippen molar-refractivity contribution in [3.63, 3.8) is 0 Å². The number of thiazole rings is 1. The zero-order valence-electron chi connectivity index (χ0n) is 14.3. The van der Waals surface area contributed by atoms with Crippen LogP contribution in [0.3, 0.4) is 0 Å². The topological polar surface area (TPSA) is 113 Å². The highest BCUT2D eigenvalue weighted by Crippen LogP contribution is 2.40. The number of halogens is 1. The third-order valence-electron chi connectivity index (χ3n) is 3.84. The molecule has 8 nitrogen and oxygen atoms in total. The van der Waals surface area contributed by atoms with Crippen molar-refractivity contribution < 1.29 is 9.32 Å². The van der Waals surface area contributed by atoms with Crippen molar-refractivity contribution in [3.05, 3.63) is 46.3 Å². The zero-order chi connectivity index (χ0) is 19.1. The summed E-state index contributed by atoms with van der Waals surface area (Å²) in [5.74, 6) is 0.229. The first kappa shape index (κ1) is 17.4. The van der Waals surface area contributed by atoms with E-state index in [1.54, 1.807) is 24.7 Å². The molecule has 10 heteroatoms. The number of nitrogens with two attached hydrogens (primary N) is 1. The predicted molar refractivity (Wildman–Crippen MR) is 101 cm³/mol. The van der Waals surface area contributed by atoms with E-state index in [0.29, 0.717) is 33.7 Å². The fourth-order valence-electron chi connectivity index (χ4n) is 2.63. The molecule has 1 amide bonds. The fourth-order valence-corrected chi connectivity index (χ4v) is 3.83. The molecule has 3 aromatic heterocycles. The van der Waals surface area contributed by atoms with Gasteiger partial charge in [0.1, 0.15) is 5.69 Å². The van der Waals surface area contributed by atoms with Crippen molar-refractivity contribution in [1.29, 1.82) is 0 Å². The molecule has 2 N–H and O–H groups in total. The Morgan fingerprint density at radius 3 is 2.74 bits per heavy atom. The summed E-state index contributed by atoms with van der Waals surface area (Å²) in [6.07, 6.45) is 0. The third kappa shape index (κ3) is 3.11. The standard InChI is InChI=1S/C17H13ClN6O2S/c1-8-20-16(23-26-8)11-7-12(24(2)22-11)14-13(21-17(27-14)15(19)25)9-5-3-4-6-10(9)18/h3-7H,1-2H3,(H2,19,25). The van der Waals surface area contributed by atoms with Gasteiger partial charge in [0.05, 0.1) is 21.3 Å². The Morgan fingerprint density at radius 1 is 1.30 bits per heavy atom. The maximum absolute atomic E-state index is 11.7. The molecule has 0 fully saturated rings. The van der Waals surface area contributed by atoms with Crippen LogP contribution in [0.2, 0.25) is 5.02 Å². The lowest BCUT2D eigenvalue weighted by molar-refractivity contribution is 0.1000. The number of carbonyl (C=O) groups excluding carboxylic acids is 1. The predicted octanol–water partition coefficient (Wildman–Crippen LogP) is 3.32. The molecule has 4 aromatic rings. The Balaban J connectivity index is 1.90. The van der Waals surface area contributed by atoms with Gasteiger partial charge >= 0.3 is 0 Å². The van der Waals surface area contributed by atoms with E-state index in [4.69, 9.17) is 21.9 Å². The normalized spacial score (nSPS) is 11.1. The van der Waals surface area contributed by atoms with E-state index in [0.717, 1.165) is 10.6 Å². The van der Waals surface area contributed by atoms with Crippen molar-refractivity contribution in [2.75, 3.05) is 0 Å². The lowest BCUT2D eigenvalue weighted by atomic mass is 10.1. The number of benzene rings is 1. The number of rotatable bonds is 4. The summed E-state index contributed by atoms with van der Waals surface area (Å²) in [6, 6.07) is 9.09. The Hall–Kier alpha value is -3.04.